The van der Waals surface area contributed by atoms with Crippen molar-refractivity contribution in [1.82, 2.24) is 4.98 Å². The molecule has 0 spiro atoms. The Morgan fingerprint density at radius 1 is 1.46 bits per heavy atom. The highest BCUT2D eigenvalue weighted by Gasteiger charge is 2.23. The summed E-state index contributed by atoms with van der Waals surface area (Å²) < 4.78 is 25.2. The molecule has 0 aliphatic carbocycles. The first-order valence-corrected chi connectivity index (χ1v) is 3.76. The maximum Gasteiger partial charge on any atom is 0.249 e. The molecule has 0 aliphatic rings. The lowest BCUT2D eigenvalue weighted by atomic mass is 10.1. The van der Waals surface area contributed by atoms with Crippen LogP contribution in [0.3, 0.4) is 0 Å². The van der Waals surface area contributed by atoms with Gasteiger partial charge in [-0.25, -0.2) is 13.8 Å². The summed E-state index contributed by atoms with van der Waals surface area (Å²) in [7, 11) is 0. The van der Waals surface area contributed by atoms with E-state index in [1.165, 1.54) is 12.3 Å². The van der Waals surface area contributed by atoms with Crippen LogP contribution >= 0.6 is 0 Å². The molecular weight excluding hydrogens is 176 g/mol. The third-order valence-corrected chi connectivity index (χ3v) is 1.52. The summed E-state index contributed by atoms with van der Waals surface area (Å²) in [5.41, 5.74) is 11.4. The normalized spacial score (nSPS) is 11.6. The van der Waals surface area contributed by atoms with E-state index in [4.69, 9.17) is 11.5 Å². The Morgan fingerprint density at radius 2 is 2.08 bits per heavy atom. The first-order valence-electron chi connectivity index (χ1n) is 3.76. The lowest BCUT2D eigenvalue weighted by Gasteiger charge is -2.11. The van der Waals surface area contributed by atoms with E-state index >= 15 is 0 Å². The molecule has 1 heterocycles. The maximum absolute atomic E-state index is 12.6. The van der Waals surface area contributed by atoms with Gasteiger partial charge in [-0.2, -0.15) is 0 Å². The molecule has 0 amide bonds. The number of alkyl halides is 2. The van der Waals surface area contributed by atoms with E-state index in [9.17, 15) is 8.78 Å². The number of hydrogen-bond donors (Lipinski definition) is 2. The van der Waals surface area contributed by atoms with E-state index in [0.717, 1.165) is 6.92 Å². The van der Waals surface area contributed by atoms with Gasteiger partial charge in [0.2, 0.25) is 5.92 Å². The first-order chi connectivity index (χ1) is 5.88. The Labute approximate surface area is 74.8 Å². The molecule has 3 nitrogen and oxygen atoms in total. The number of hydrogen-bond acceptors (Lipinski definition) is 3. The van der Waals surface area contributed by atoms with Crippen LogP contribution in [0.4, 0.5) is 20.3 Å². The fraction of sp³-hybridized carbons (Fsp3) is 0.375. The van der Waals surface area contributed by atoms with Crippen LogP contribution in [-0.4, -0.2) is 10.9 Å². The summed E-state index contributed by atoms with van der Waals surface area (Å²) in [5, 5.41) is 0. The highest BCUT2D eigenvalue weighted by molar-refractivity contribution is 5.49. The van der Waals surface area contributed by atoms with Crippen molar-refractivity contribution >= 4 is 11.5 Å². The fourth-order valence-electron chi connectivity index (χ4n) is 1.02. The van der Waals surface area contributed by atoms with Gasteiger partial charge in [-0.05, 0) is 13.0 Å². The van der Waals surface area contributed by atoms with Crippen molar-refractivity contribution in [3.8, 4) is 0 Å². The van der Waals surface area contributed by atoms with Crippen molar-refractivity contribution in [2.45, 2.75) is 19.3 Å². The molecule has 0 aromatic carbocycles. The molecule has 0 unspecified atom stereocenters. The maximum atomic E-state index is 12.6. The van der Waals surface area contributed by atoms with Crippen molar-refractivity contribution in [1.29, 1.82) is 0 Å². The summed E-state index contributed by atoms with van der Waals surface area (Å²) in [5.74, 6) is -2.68. The largest absolute Gasteiger partial charge is 0.397 e. The summed E-state index contributed by atoms with van der Waals surface area (Å²) in [4.78, 5) is 3.68. The molecule has 0 saturated carbocycles. The fourth-order valence-corrected chi connectivity index (χ4v) is 1.02. The standard InChI is InChI=1S/C8H11F2N3/c1-8(9,10)3-5-2-6(11)4-13-7(5)12/h2,4H,3,11H2,1H3,(H2,12,13). The van der Waals surface area contributed by atoms with E-state index < -0.39 is 12.3 Å². The van der Waals surface area contributed by atoms with Gasteiger partial charge in [-0.3, -0.25) is 0 Å². The van der Waals surface area contributed by atoms with Crippen LogP contribution in [0.25, 0.3) is 0 Å². The van der Waals surface area contributed by atoms with Crippen LogP contribution in [0.2, 0.25) is 0 Å². The van der Waals surface area contributed by atoms with Crippen LogP contribution in [-0.2, 0) is 6.42 Å². The summed E-state index contributed by atoms with van der Waals surface area (Å²) >= 11 is 0. The Balaban J connectivity index is 2.94. The summed E-state index contributed by atoms with van der Waals surface area (Å²) in [6.07, 6.45) is 0.906. The molecule has 72 valence electrons. The highest BCUT2D eigenvalue weighted by Crippen LogP contribution is 2.22. The minimum absolute atomic E-state index is 0.107. The Morgan fingerprint density at radius 3 is 2.62 bits per heavy atom. The van der Waals surface area contributed by atoms with E-state index in [1.807, 2.05) is 0 Å². The van der Waals surface area contributed by atoms with Gasteiger partial charge in [0.25, 0.3) is 0 Å². The second kappa shape index (κ2) is 3.16. The number of nitrogen functional groups attached to an aromatic ring is 2. The molecule has 1 aromatic heterocycles. The zero-order valence-corrected chi connectivity index (χ0v) is 7.22. The Kier molecular flexibility index (Phi) is 2.36. The molecule has 0 bridgehead atoms. The molecule has 0 saturated heterocycles. The molecular formula is C8H11F2N3. The molecule has 0 aliphatic heterocycles. The predicted molar refractivity (Wildman–Crippen MR) is 47.4 cm³/mol. The molecule has 0 atom stereocenters. The lowest BCUT2D eigenvalue weighted by molar-refractivity contribution is 0.0227. The van der Waals surface area contributed by atoms with Crippen LogP contribution in [0, 0.1) is 0 Å². The summed E-state index contributed by atoms with van der Waals surface area (Å²) in [6.45, 7) is 0.829. The van der Waals surface area contributed by atoms with Gasteiger partial charge in [0.15, 0.2) is 0 Å². The molecule has 1 aromatic rings. The lowest BCUT2D eigenvalue weighted by Crippen LogP contribution is -2.15. The molecule has 1 rings (SSSR count). The quantitative estimate of drug-likeness (QED) is 0.736. The predicted octanol–water partition coefficient (Wildman–Crippen LogP) is 1.44. The SMILES string of the molecule is CC(F)(F)Cc1cc(N)cnc1N. The first kappa shape index (κ1) is 9.70. The monoisotopic (exact) mass is 187 g/mol. The van der Waals surface area contributed by atoms with E-state index in [-0.39, 0.29) is 11.4 Å². The van der Waals surface area contributed by atoms with Gasteiger partial charge >= 0.3 is 0 Å². The topological polar surface area (TPSA) is 64.9 Å². The number of pyridine rings is 1. The second-order valence-corrected chi connectivity index (χ2v) is 3.06. The van der Waals surface area contributed by atoms with Crippen molar-refractivity contribution in [2.24, 2.45) is 0 Å². The minimum Gasteiger partial charge on any atom is -0.397 e. The van der Waals surface area contributed by atoms with Crippen molar-refractivity contribution in [2.75, 3.05) is 11.5 Å². The number of anilines is 2. The number of halogens is 2. The van der Waals surface area contributed by atoms with E-state index in [1.54, 1.807) is 0 Å². The van der Waals surface area contributed by atoms with Gasteiger partial charge in [0.1, 0.15) is 5.82 Å². The number of nitrogens with zero attached hydrogens (tertiary/aromatic N) is 1. The highest BCUT2D eigenvalue weighted by atomic mass is 19.3. The summed E-state index contributed by atoms with van der Waals surface area (Å²) in [6, 6.07) is 1.42. The molecule has 13 heavy (non-hydrogen) atoms. The third-order valence-electron chi connectivity index (χ3n) is 1.52. The smallest absolute Gasteiger partial charge is 0.249 e. The zero-order valence-electron chi connectivity index (χ0n) is 7.22. The number of nitrogens with two attached hydrogens (primary N) is 2. The number of aromatic nitrogens is 1. The van der Waals surface area contributed by atoms with Gasteiger partial charge in [-0.15, -0.1) is 0 Å². The number of rotatable bonds is 2. The minimum atomic E-state index is -2.79. The molecule has 0 fully saturated rings. The van der Waals surface area contributed by atoms with E-state index in [2.05, 4.69) is 4.98 Å². The molecule has 4 N–H and O–H groups in total. The van der Waals surface area contributed by atoms with Gasteiger partial charge in [-0.1, -0.05) is 0 Å². The average molecular weight is 187 g/mol. The second-order valence-electron chi connectivity index (χ2n) is 3.06. The van der Waals surface area contributed by atoms with E-state index in [0.29, 0.717) is 5.69 Å². The van der Waals surface area contributed by atoms with Gasteiger partial charge in [0, 0.05) is 12.0 Å². The Bertz CT molecular complexity index is 307. The van der Waals surface area contributed by atoms with Crippen molar-refractivity contribution in [3.63, 3.8) is 0 Å². The van der Waals surface area contributed by atoms with Crippen molar-refractivity contribution < 1.29 is 8.78 Å². The molecule has 5 heteroatoms. The Hall–Kier alpha value is -1.39. The van der Waals surface area contributed by atoms with Crippen molar-refractivity contribution in [3.05, 3.63) is 17.8 Å². The van der Waals surface area contributed by atoms with Crippen LogP contribution in [0.1, 0.15) is 12.5 Å². The van der Waals surface area contributed by atoms with Crippen LogP contribution in [0.15, 0.2) is 12.3 Å². The van der Waals surface area contributed by atoms with Crippen LogP contribution in [0.5, 0.6) is 0 Å². The zero-order chi connectivity index (χ0) is 10.1. The van der Waals surface area contributed by atoms with Gasteiger partial charge < -0.3 is 11.5 Å². The van der Waals surface area contributed by atoms with Crippen LogP contribution < -0.4 is 11.5 Å². The van der Waals surface area contributed by atoms with Gasteiger partial charge in [0.05, 0.1) is 11.9 Å². The third kappa shape index (κ3) is 2.85. The molecule has 0 radical (unpaired) electrons. The average Bonchev–Trinajstić information content (AvgIpc) is 1.94.